The molecular formula is C15H21F2NO3. The summed E-state index contributed by atoms with van der Waals surface area (Å²) in [4.78, 5) is 12.9. The zero-order chi connectivity index (χ0) is 16.0. The van der Waals surface area contributed by atoms with Gasteiger partial charge in [-0.25, -0.2) is 0 Å². The first-order valence-electron chi connectivity index (χ1n) is 6.86. The summed E-state index contributed by atoms with van der Waals surface area (Å²) in [6, 6.07) is 6.41. The molecule has 1 rings (SSSR count). The van der Waals surface area contributed by atoms with E-state index < -0.39 is 18.5 Å². The molecule has 0 saturated heterocycles. The third-order valence-electron chi connectivity index (χ3n) is 3.45. The molecule has 0 aliphatic carbocycles. The lowest BCUT2D eigenvalue weighted by Gasteiger charge is -2.29. The van der Waals surface area contributed by atoms with Crippen molar-refractivity contribution in [2.75, 3.05) is 13.1 Å². The van der Waals surface area contributed by atoms with Gasteiger partial charge >= 0.3 is 12.6 Å². The normalized spacial score (nSPS) is 14.2. The number of benzene rings is 1. The number of halogens is 2. The van der Waals surface area contributed by atoms with Crippen molar-refractivity contribution < 1.29 is 23.4 Å². The molecule has 0 bridgehead atoms. The highest BCUT2D eigenvalue weighted by molar-refractivity contribution is 5.69. The Morgan fingerprint density at radius 2 is 2.05 bits per heavy atom. The number of carboxylic acid groups (broad SMARTS) is 1. The van der Waals surface area contributed by atoms with Crippen LogP contribution in [0.3, 0.4) is 0 Å². The quantitative estimate of drug-likeness (QED) is 0.799. The second-order valence-electron chi connectivity index (χ2n) is 4.95. The van der Waals surface area contributed by atoms with E-state index in [0.717, 1.165) is 5.56 Å². The molecule has 6 heteroatoms. The van der Waals surface area contributed by atoms with Crippen LogP contribution in [0.15, 0.2) is 24.3 Å². The van der Waals surface area contributed by atoms with E-state index in [9.17, 15) is 13.6 Å². The van der Waals surface area contributed by atoms with E-state index in [0.29, 0.717) is 13.1 Å². The first-order chi connectivity index (χ1) is 9.85. The van der Waals surface area contributed by atoms with Gasteiger partial charge in [0.25, 0.3) is 0 Å². The molecule has 1 N–H and O–H groups in total. The molecule has 1 aromatic rings. The smallest absolute Gasteiger partial charge is 0.387 e. The van der Waals surface area contributed by atoms with Crippen LogP contribution in [0.25, 0.3) is 0 Å². The highest BCUT2D eigenvalue weighted by Gasteiger charge is 2.20. The lowest BCUT2D eigenvalue weighted by molar-refractivity contribution is -0.141. The maximum Gasteiger partial charge on any atom is 0.387 e. The van der Waals surface area contributed by atoms with Crippen LogP contribution in [0.5, 0.6) is 5.75 Å². The number of rotatable bonds is 8. The van der Waals surface area contributed by atoms with E-state index in [2.05, 4.69) is 4.74 Å². The van der Waals surface area contributed by atoms with Gasteiger partial charge in [-0.15, -0.1) is 0 Å². The van der Waals surface area contributed by atoms with Crippen LogP contribution < -0.4 is 4.74 Å². The molecular weight excluding hydrogens is 280 g/mol. The number of carboxylic acids is 1. The first-order valence-corrected chi connectivity index (χ1v) is 6.86. The van der Waals surface area contributed by atoms with Gasteiger partial charge in [0.2, 0.25) is 0 Å². The van der Waals surface area contributed by atoms with Crippen LogP contribution in [0.2, 0.25) is 0 Å². The zero-order valence-electron chi connectivity index (χ0n) is 12.4. The standard InChI is InChI=1S/C15H21F2NO3/c1-4-18(9-10(2)14(19)20)11(3)12-6-5-7-13(8-12)21-15(16)17/h5-8,10-11,15H,4,9H2,1-3H3,(H,19,20). The van der Waals surface area contributed by atoms with Crippen LogP contribution in [0.4, 0.5) is 8.78 Å². The van der Waals surface area contributed by atoms with Gasteiger partial charge in [-0.05, 0) is 31.2 Å². The van der Waals surface area contributed by atoms with Gasteiger partial charge in [-0.3, -0.25) is 9.69 Å². The summed E-state index contributed by atoms with van der Waals surface area (Å²) in [7, 11) is 0. The maximum atomic E-state index is 12.2. The van der Waals surface area contributed by atoms with Crippen LogP contribution in [-0.2, 0) is 4.79 Å². The molecule has 1 aromatic carbocycles. The average molecular weight is 301 g/mol. The fraction of sp³-hybridized carbons (Fsp3) is 0.533. The van der Waals surface area contributed by atoms with Crippen molar-refractivity contribution in [1.82, 2.24) is 4.90 Å². The molecule has 0 heterocycles. The van der Waals surface area contributed by atoms with Crippen LogP contribution in [0.1, 0.15) is 32.4 Å². The van der Waals surface area contributed by atoms with Gasteiger partial charge in [-0.2, -0.15) is 8.78 Å². The molecule has 0 aromatic heterocycles. The zero-order valence-corrected chi connectivity index (χ0v) is 12.4. The Bertz CT molecular complexity index is 468. The van der Waals surface area contributed by atoms with Crippen LogP contribution in [-0.4, -0.2) is 35.7 Å². The van der Waals surface area contributed by atoms with E-state index in [1.165, 1.54) is 6.07 Å². The molecule has 0 amide bonds. The third-order valence-corrected chi connectivity index (χ3v) is 3.45. The lowest BCUT2D eigenvalue weighted by Crippen LogP contribution is -2.33. The molecule has 0 radical (unpaired) electrons. The largest absolute Gasteiger partial charge is 0.481 e. The molecule has 0 spiro atoms. The van der Waals surface area contributed by atoms with Gasteiger partial charge in [0.15, 0.2) is 0 Å². The number of aliphatic carboxylic acids is 1. The monoisotopic (exact) mass is 301 g/mol. The fourth-order valence-electron chi connectivity index (χ4n) is 2.15. The van der Waals surface area contributed by atoms with Gasteiger partial charge in [0.05, 0.1) is 5.92 Å². The van der Waals surface area contributed by atoms with Gasteiger partial charge in [-0.1, -0.05) is 26.0 Å². The molecule has 118 valence electrons. The Labute approximate surface area is 123 Å². The highest BCUT2D eigenvalue weighted by atomic mass is 19.3. The van der Waals surface area contributed by atoms with Crippen LogP contribution in [0, 0.1) is 5.92 Å². The number of hydrogen-bond donors (Lipinski definition) is 1. The van der Waals surface area contributed by atoms with E-state index in [-0.39, 0.29) is 11.8 Å². The fourth-order valence-corrected chi connectivity index (χ4v) is 2.15. The summed E-state index contributed by atoms with van der Waals surface area (Å²) < 4.78 is 28.9. The van der Waals surface area contributed by atoms with Crippen molar-refractivity contribution in [1.29, 1.82) is 0 Å². The van der Waals surface area contributed by atoms with Crippen molar-refractivity contribution in [3.8, 4) is 5.75 Å². The summed E-state index contributed by atoms with van der Waals surface area (Å²) in [5.74, 6) is -1.24. The predicted molar refractivity (Wildman–Crippen MR) is 75.5 cm³/mol. The summed E-state index contributed by atoms with van der Waals surface area (Å²) >= 11 is 0. The van der Waals surface area contributed by atoms with Crippen LogP contribution >= 0.6 is 0 Å². The maximum absolute atomic E-state index is 12.2. The summed E-state index contributed by atoms with van der Waals surface area (Å²) in [5.41, 5.74) is 0.813. The Morgan fingerprint density at radius 3 is 2.57 bits per heavy atom. The Balaban J connectivity index is 2.84. The highest BCUT2D eigenvalue weighted by Crippen LogP contribution is 2.25. The SMILES string of the molecule is CCN(CC(C)C(=O)O)C(C)c1cccc(OC(F)F)c1. The average Bonchev–Trinajstić information content (AvgIpc) is 2.43. The topological polar surface area (TPSA) is 49.8 Å². The van der Waals surface area contributed by atoms with Crippen molar-refractivity contribution in [2.45, 2.75) is 33.4 Å². The lowest BCUT2D eigenvalue weighted by atomic mass is 10.0. The summed E-state index contributed by atoms with van der Waals surface area (Å²) in [5, 5.41) is 8.99. The number of hydrogen-bond acceptors (Lipinski definition) is 3. The molecule has 0 saturated carbocycles. The van der Waals surface area contributed by atoms with E-state index >= 15 is 0 Å². The molecule has 21 heavy (non-hydrogen) atoms. The third kappa shape index (κ3) is 5.30. The molecule has 2 atom stereocenters. The van der Waals surface area contributed by atoms with E-state index in [1.54, 1.807) is 19.1 Å². The van der Waals surface area contributed by atoms with Crippen molar-refractivity contribution in [3.05, 3.63) is 29.8 Å². The van der Waals surface area contributed by atoms with Gasteiger partial charge in [0.1, 0.15) is 5.75 Å². The number of nitrogens with zero attached hydrogens (tertiary/aromatic N) is 1. The van der Waals surface area contributed by atoms with Crippen molar-refractivity contribution in [2.24, 2.45) is 5.92 Å². The number of carbonyl (C=O) groups is 1. The van der Waals surface area contributed by atoms with Gasteiger partial charge in [0, 0.05) is 12.6 Å². The van der Waals surface area contributed by atoms with E-state index in [4.69, 9.17) is 5.11 Å². The first kappa shape index (κ1) is 17.4. The number of alkyl halides is 2. The Morgan fingerprint density at radius 1 is 1.38 bits per heavy atom. The molecule has 2 unspecified atom stereocenters. The van der Waals surface area contributed by atoms with Crippen molar-refractivity contribution in [3.63, 3.8) is 0 Å². The molecule has 0 fully saturated rings. The summed E-state index contributed by atoms with van der Waals surface area (Å²) in [6.45, 7) is 3.70. The Hall–Kier alpha value is -1.69. The number of ether oxygens (including phenoxy) is 1. The molecule has 4 nitrogen and oxygen atoms in total. The van der Waals surface area contributed by atoms with Gasteiger partial charge < -0.3 is 9.84 Å². The molecule has 0 aliphatic rings. The minimum Gasteiger partial charge on any atom is -0.481 e. The minimum absolute atomic E-state index is 0.0852. The predicted octanol–water partition coefficient (Wildman–Crippen LogP) is 3.39. The second kappa shape index (κ2) is 7.93. The van der Waals surface area contributed by atoms with Crippen molar-refractivity contribution >= 4 is 5.97 Å². The minimum atomic E-state index is -2.86. The molecule has 0 aliphatic heterocycles. The summed E-state index contributed by atoms with van der Waals surface area (Å²) in [6.07, 6.45) is 0. The van der Waals surface area contributed by atoms with E-state index in [1.807, 2.05) is 24.8 Å². The second-order valence-corrected chi connectivity index (χ2v) is 4.95. The Kier molecular flexibility index (Phi) is 6.55.